The molecule has 15 heavy (non-hydrogen) atoms. The summed E-state index contributed by atoms with van der Waals surface area (Å²) in [6, 6.07) is 7.46. The fraction of sp³-hybridized carbons (Fsp3) is 0.364. The number of amides is 1. The summed E-state index contributed by atoms with van der Waals surface area (Å²) in [5.41, 5.74) is 6.10. The molecular weight excluding hydrogens is 212 g/mol. The van der Waals surface area contributed by atoms with Gasteiger partial charge >= 0.3 is 0 Å². The van der Waals surface area contributed by atoms with Gasteiger partial charge in [0.2, 0.25) is 5.91 Å². The van der Waals surface area contributed by atoms with Gasteiger partial charge in [0.05, 0.1) is 0 Å². The Morgan fingerprint density at radius 1 is 1.47 bits per heavy atom. The van der Waals surface area contributed by atoms with Crippen LogP contribution < -0.4 is 11.1 Å². The Balaban J connectivity index is 2.58. The fourth-order valence-corrected chi connectivity index (χ4v) is 1.45. The van der Waals surface area contributed by atoms with E-state index in [4.69, 9.17) is 17.3 Å². The predicted molar refractivity (Wildman–Crippen MR) is 63.0 cm³/mol. The molecule has 0 saturated carbocycles. The van der Waals surface area contributed by atoms with Crippen LogP contribution in [0.4, 0.5) is 5.69 Å². The van der Waals surface area contributed by atoms with E-state index in [0.29, 0.717) is 11.4 Å². The molecule has 1 amide bonds. The molecular formula is C11H15ClN2O. The fourth-order valence-electron chi connectivity index (χ4n) is 1.32. The molecule has 0 aliphatic carbocycles. The van der Waals surface area contributed by atoms with Crippen molar-refractivity contribution >= 4 is 23.2 Å². The first-order chi connectivity index (χ1) is 7.11. The van der Waals surface area contributed by atoms with Crippen LogP contribution in [0, 0.1) is 0 Å². The maximum Gasteiger partial charge on any atom is 0.219 e. The topological polar surface area (TPSA) is 55.1 Å². The second kappa shape index (κ2) is 5.61. The lowest BCUT2D eigenvalue weighted by Crippen LogP contribution is -2.26. The molecule has 0 heterocycles. The van der Waals surface area contributed by atoms with Crippen LogP contribution in [0.15, 0.2) is 24.3 Å². The summed E-state index contributed by atoms with van der Waals surface area (Å²) in [6.07, 6.45) is 1.20. The Morgan fingerprint density at radius 2 is 2.07 bits per heavy atom. The number of carbonyl (C=O) groups excluding carboxylic acids is 1. The van der Waals surface area contributed by atoms with Gasteiger partial charge in [-0.3, -0.25) is 4.79 Å². The number of hydrogen-bond donors (Lipinski definition) is 2. The van der Waals surface area contributed by atoms with Crippen LogP contribution in [0.25, 0.3) is 0 Å². The van der Waals surface area contributed by atoms with Crippen molar-refractivity contribution in [3.8, 4) is 0 Å². The molecule has 1 atom stereocenters. The molecule has 0 aromatic heterocycles. The standard InChI is InChI=1S/C11H15ClN2O/c1-2-9(7-11(13)15)14-10-5-3-8(12)4-6-10/h3-6,9,14H,2,7H2,1H3,(H2,13,15)/t9-/m1/s1. The highest BCUT2D eigenvalue weighted by molar-refractivity contribution is 6.30. The molecule has 1 aromatic rings. The van der Waals surface area contributed by atoms with E-state index in [2.05, 4.69) is 5.32 Å². The normalized spacial score (nSPS) is 12.1. The first-order valence-electron chi connectivity index (χ1n) is 4.92. The largest absolute Gasteiger partial charge is 0.382 e. The van der Waals surface area contributed by atoms with Gasteiger partial charge in [0.15, 0.2) is 0 Å². The van der Waals surface area contributed by atoms with E-state index < -0.39 is 0 Å². The van der Waals surface area contributed by atoms with Gasteiger partial charge in [-0.05, 0) is 30.7 Å². The molecule has 0 aliphatic heterocycles. The minimum Gasteiger partial charge on any atom is -0.382 e. The van der Waals surface area contributed by atoms with E-state index in [1.807, 2.05) is 19.1 Å². The van der Waals surface area contributed by atoms with Crippen LogP contribution in [0.2, 0.25) is 5.02 Å². The molecule has 1 rings (SSSR count). The molecule has 0 aliphatic rings. The highest BCUT2D eigenvalue weighted by Gasteiger charge is 2.08. The maximum absolute atomic E-state index is 10.8. The van der Waals surface area contributed by atoms with E-state index in [1.54, 1.807) is 12.1 Å². The molecule has 1 aromatic carbocycles. The summed E-state index contributed by atoms with van der Waals surface area (Å²) in [5, 5.41) is 3.93. The molecule has 4 heteroatoms. The van der Waals surface area contributed by atoms with Crippen LogP contribution in [0.5, 0.6) is 0 Å². The second-order valence-electron chi connectivity index (χ2n) is 3.43. The summed E-state index contributed by atoms with van der Waals surface area (Å²) in [5.74, 6) is -0.289. The van der Waals surface area contributed by atoms with Gasteiger partial charge in [0.1, 0.15) is 0 Å². The molecule has 0 bridgehead atoms. The third kappa shape index (κ3) is 4.21. The van der Waals surface area contributed by atoms with Gasteiger partial charge in [-0.1, -0.05) is 18.5 Å². The number of halogens is 1. The number of hydrogen-bond acceptors (Lipinski definition) is 2. The van der Waals surface area contributed by atoms with Crippen molar-refractivity contribution in [2.45, 2.75) is 25.8 Å². The Bertz CT molecular complexity index is 324. The first kappa shape index (κ1) is 11.9. The minimum absolute atomic E-state index is 0.0867. The van der Waals surface area contributed by atoms with Gasteiger partial charge in [-0.2, -0.15) is 0 Å². The van der Waals surface area contributed by atoms with E-state index in [0.717, 1.165) is 12.1 Å². The third-order valence-corrected chi connectivity index (χ3v) is 2.41. The number of carbonyl (C=O) groups is 1. The summed E-state index contributed by atoms with van der Waals surface area (Å²) in [4.78, 5) is 10.8. The van der Waals surface area contributed by atoms with Gasteiger partial charge < -0.3 is 11.1 Å². The highest BCUT2D eigenvalue weighted by Crippen LogP contribution is 2.15. The average molecular weight is 227 g/mol. The second-order valence-corrected chi connectivity index (χ2v) is 3.86. The third-order valence-electron chi connectivity index (χ3n) is 2.16. The number of nitrogens with two attached hydrogens (primary N) is 1. The highest BCUT2D eigenvalue weighted by atomic mass is 35.5. The van der Waals surface area contributed by atoms with E-state index in [9.17, 15) is 4.79 Å². The van der Waals surface area contributed by atoms with Crippen molar-refractivity contribution in [3.63, 3.8) is 0 Å². The van der Waals surface area contributed by atoms with Crippen molar-refractivity contribution in [1.82, 2.24) is 0 Å². The zero-order valence-corrected chi connectivity index (χ0v) is 9.42. The van der Waals surface area contributed by atoms with Gasteiger partial charge in [0.25, 0.3) is 0 Å². The molecule has 0 saturated heterocycles. The monoisotopic (exact) mass is 226 g/mol. The lowest BCUT2D eigenvalue weighted by Gasteiger charge is -2.16. The summed E-state index contributed by atoms with van der Waals surface area (Å²) >= 11 is 5.76. The molecule has 3 N–H and O–H groups in total. The van der Waals surface area contributed by atoms with Gasteiger partial charge in [0, 0.05) is 23.2 Å². The SMILES string of the molecule is CC[C@H](CC(N)=O)Nc1ccc(Cl)cc1. The minimum atomic E-state index is -0.289. The van der Waals surface area contributed by atoms with Crippen molar-refractivity contribution in [1.29, 1.82) is 0 Å². The van der Waals surface area contributed by atoms with Crippen LogP contribution in [-0.2, 0) is 4.79 Å². The average Bonchev–Trinajstić information content (AvgIpc) is 2.19. The van der Waals surface area contributed by atoms with Crippen molar-refractivity contribution in [2.75, 3.05) is 5.32 Å². The van der Waals surface area contributed by atoms with Crippen molar-refractivity contribution in [3.05, 3.63) is 29.3 Å². The number of rotatable bonds is 5. The quantitative estimate of drug-likeness (QED) is 0.810. The molecule has 0 radical (unpaired) electrons. The summed E-state index contributed by atoms with van der Waals surface area (Å²) in [7, 11) is 0. The molecule has 0 unspecified atom stereocenters. The van der Waals surface area contributed by atoms with Crippen molar-refractivity contribution < 1.29 is 4.79 Å². The van der Waals surface area contributed by atoms with Crippen LogP contribution in [0.1, 0.15) is 19.8 Å². The number of anilines is 1. The Labute approximate surface area is 94.6 Å². The van der Waals surface area contributed by atoms with Gasteiger partial charge in [-0.25, -0.2) is 0 Å². The van der Waals surface area contributed by atoms with Crippen LogP contribution in [0.3, 0.4) is 0 Å². The van der Waals surface area contributed by atoms with Crippen LogP contribution >= 0.6 is 11.6 Å². The molecule has 3 nitrogen and oxygen atoms in total. The smallest absolute Gasteiger partial charge is 0.219 e. The first-order valence-corrected chi connectivity index (χ1v) is 5.30. The van der Waals surface area contributed by atoms with Gasteiger partial charge in [-0.15, -0.1) is 0 Å². The van der Waals surface area contributed by atoms with E-state index >= 15 is 0 Å². The molecule has 0 spiro atoms. The van der Waals surface area contributed by atoms with Crippen LogP contribution in [-0.4, -0.2) is 11.9 Å². The maximum atomic E-state index is 10.8. The Hall–Kier alpha value is -1.22. The van der Waals surface area contributed by atoms with E-state index in [-0.39, 0.29) is 11.9 Å². The lowest BCUT2D eigenvalue weighted by molar-refractivity contribution is -0.118. The number of benzene rings is 1. The number of primary amides is 1. The number of nitrogens with one attached hydrogen (secondary N) is 1. The zero-order valence-electron chi connectivity index (χ0n) is 8.66. The predicted octanol–water partition coefficient (Wildman–Crippen LogP) is 2.41. The lowest BCUT2D eigenvalue weighted by atomic mass is 10.1. The molecule has 0 fully saturated rings. The zero-order chi connectivity index (χ0) is 11.3. The Morgan fingerprint density at radius 3 is 2.53 bits per heavy atom. The van der Waals surface area contributed by atoms with Crippen molar-refractivity contribution in [2.24, 2.45) is 5.73 Å². The summed E-state index contributed by atoms with van der Waals surface area (Å²) in [6.45, 7) is 2.01. The molecule has 82 valence electrons. The van der Waals surface area contributed by atoms with E-state index in [1.165, 1.54) is 0 Å². The Kier molecular flexibility index (Phi) is 4.43. The summed E-state index contributed by atoms with van der Waals surface area (Å²) < 4.78 is 0.